The zero-order chi connectivity index (χ0) is 26.5. The molecule has 4 aromatic rings. The lowest BCUT2D eigenvalue weighted by atomic mass is 10.1. The second kappa shape index (κ2) is 11.0. The monoisotopic (exact) mass is 511 g/mol. The average Bonchev–Trinajstić information content (AvgIpc) is 3.22. The number of para-hydroxylation sites is 1. The van der Waals surface area contributed by atoms with Crippen molar-refractivity contribution < 1.29 is 14.3 Å². The van der Waals surface area contributed by atoms with E-state index in [1.165, 1.54) is 11.7 Å². The van der Waals surface area contributed by atoms with E-state index in [2.05, 4.69) is 5.32 Å². The Labute approximate surface area is 218 Å². The highest BCUT2D eigenvalue weighted by molar-refractivity contribution is 7.07. The Bertz CT molecular complexity index is 1700. The maximum atomic E-state index is 13.6. The van der Waals surface area contributed by atoms with Crippen LogP contribution in [-0.4, -0.2) is 24.7 Å². The molecule has 0 fully saturated rings. The van der Waals surface area contributed by atoms with Crippen LogP contribution in [0.3, 0.4) is 0 Å². The lowest BCUT2D eigenvalue weighted by Gasteiger charge is -2.07. The third-order valence-corrected chi connectivity index (χ3v) is 6.95. The van der Waals surface area contributed by atoms with Crippen molar-refractivity contribution in [3.05, 3.63) is 103 Å². The Balaban J connectivity index is 1.93. The van der Waals surface area contributed by atoms with Gasteiger partial charge in [-0.25, -0.2) is 0 Å². The van der Waals surface area contributed by atoms with Crippen molar-refractivity contribution in [2.24, 2.45) is 0 Å². The zero-order valence-corrected chi connectivity index (χ0v) is 21.7. The molecule has 1 amide bonds. The van der Waals surface area contributed by atoms with Crippen molar-refractivity contribution in [3.63, 3.8) is 0 Å². The number of anilines is 1. The van der Waals surface area contributed by atoms with Gasteiger partial charge in [0.2, 0.25) is 0 Å². The van der Waals surface area contributed by atoms with Crippen LogP contribution in [0.15, 0.2) is 71.5 Å². The fourth-order valence-corrected chi connectivity index (χ4v) is 4.87. The number of amides is 1. The topological polar surface area (TPSA) is 93.4 Å². The first kappa shape index (κ1) is 25.5. The summed E-state index contributed by atoms with van der Waals surface area (Å²) < 4.78 is 12.7. The number of nitriles is 1. The predicted octanol–water partition coefficient (Wildman–Crippen LogP) is 3.67. The summed E-state index contributed by atoms with van der Waals surface area (Å²) in [6.07, 6.45) is 1.70. The molecule has 0 radical (unpaired) electrons. The number of carbonyl (C=O) groups is 1. The largest absolute Gasteiger partial charge is 0.493 e. The van der Waals surface area contributed by atoms with E-state index in [4.69, 9.17) is 9.47 Å². The van der Waals surface area contributed by atoms with Crippen molar-refractivity contribution in [1.82, 2.24) is 4.57 Å². The minimum atomic E-state index is -0.589. The van der Waals surface area contributed by atoms with Crippen molar-refractivity contribution in [2.75, 3.05) is 19.5 Å². The predicted molar refractivity (Wildman–Crippen MR) is 146 cm³/mol. The van der Waals surface area contributed by atoms with Crippen molar-refractivity contribution in [2.45, 2.75) is 13.8 Å². The summed E-state index contributed by atoms with van der Waals surface area (Å²) in [6, 6.07) is 21.8. The molecule has 0 saturated carbocycles. The van der Waals surface area contributed by atoms with E-state index in [1.54, 1.807) is 61.7 Å². The molecular formula is C29H25N3O4S. The van der Waals surface area contributed by atoms with Crippen LogP contribution in [-0.2, 0) is 4.79 Å². The molecule has 37 heavy (non-hydrogen) atoms. The second-order valence-corrected chi connectivity index (χ2v) is 9.28. The molecule has 0 saturated heterocycles. The molecule has 8 heteroatoms. The molecule has 1 aromatic heterocycles. The van der Waals surface area contributed by atoms with E-state index >= 15 is 0 Å². The van der Waals surface area contributed by atoms with Gasteiger partial charge in [0.1, 0.15) is 10.7 Å². The fraction of sp³-hybridized carbons (Fsp3) is 0.138. The smallest absolute Gasteiger partial charge is 0.273 e. The Morgan fingerprint density at radius 3 is 2.35 bits per heavy atom. The number of hydrogen-bond donors (Lipinski definition) is 1. The molecule has 4 rings (SSSR count). The van der Waals surface area contributed by atoms with Crippen LogP contribution >= 0.6 is 11.3 Å². The molecule has 0 atom stereocenters. The van der Waals surface area contributed by atoms with Gasteiger partial charge in [-0.1, -0.05) is 30.3 Å². The molecule has 0 unspecified atom stereocenters. The molecule has 0 aliphatic rings. The second-order valence-electron chi connectivity index (χ2n) is 8.25. The number of methoxy groups -OCH3 is 2. The summed E-state index contributed by atoms with van der Waals surface area (Å²) in [7, 11) is 3.09. The number of thiazole rings is 1. The number of carbonyl (C=O) groups excluding carboxylic acids is 1. The summed E-state index contributed by atoms with van der Waals surface area (Å²) in [6.45, 7) is 3.93. The van der Waals surface area contributed by atoms with E-state index in [9.17, 15) is 14.9 Å². The van der Waals surface area contributed by atoms with E-state index in [-0.39, 0.29) is 15.8 Å². The highest BCUT2D eigenvalue weighted by atomic mass is 32.1. The summed E-state index contributed by atoms with van der Waals surface area (Å²) >= 11 is 1.08. The maximum absolute atomic E-state index is 13.6. The van der Waals surface area contributed by atoms with Crippen LogP contribution in [0.4, 0.5) is 5.69 Å². The zero-order valence-electron chi connectivity index (χ0n) is 20.9. The first-order valence-electron chi connectivity index (χ1n) is 11.4. The van der Waals surface area contributed by atoms with Gasteiger partial charge < -0.3 is 14.8 Å². The number of hydrogen-bond acceptors (Lipinski definition) is 6. The van der Waals surface area contributed by atoms with Gasteiger partial charge in [0.25, 0.3) is 11.5 Å². The van der Waals surface area contributed by atoms with Crippen molar-refractivity contribution in [3.8, 4) is 23.3 Å². The molecule has 0 spiro atoms. The van der Waals surface area contributed by atoms with Gasteiger partial charge in [0, 0.05) is 5.69 Å². The van der Waals surface area contributed by atoms with Crippen LogP contribution < -0.4 is 29.5 Å². The minimum absolute atomic E-state index is 0.156. The molecule has 3 aromatic carbocycles. The van der Waals surface area contributed by atoms with Gasteiger partial charge in [-0.15, -0.1) is 11.3 Å². The lowest BCUT2D eigenvalue weighted by molar-refractivity contribution is -0.111. The van der Waals surface area contributed by atoms with E-state index in [1.807, 2.05) is 38.1 Å². The average molecular weight is 512 g/mol. The summed E-state index contributed by atoms with van der Waals surface area (Å²) in [5.41, 5.74) is 3.44. The summed E-state index contributed by atoms with van der Waals surface area (Å²) in [5.74, 6) is 0.499. The van der Waals surface area contributed by atoms with Gasteiger partial charge in [-0.2, -0.15) is 5.26 Å². The van der Waals surface area contributed by atoms with Crippen molar-refractivity contribution >= 4 is 34.6 Å². The molecule has 1 heterocycles. The SMILES string of the molecule is COc1ccc(/C=c2/s/c(=C(/C#N)C(=O)Nc3ccc(C)c(C)c3)n(-c3ccccc3)c2=O)cc1OC. The third kappa shape index (κ3) is 5.32. The number of ether oxygens (including phenoxy) is 2. The Morgan fingerprint density at radius 1 is 0.973 bits per heavy atom. The van der Waals surface area contributed by atoms with Gasteiger partial charge >= 0.3 is 0 Å². The number of aryl methyl sites for hydroxylation is 2. The minimum Gasteiger partial charge on any atom is -0.493 e. The quantitative estimate of drug-likeness (QED) is 0.426. The third-order valence-electron chi connectivity index (χ3n) is 5.86. The van der Waals surface area contributed by atoms with Gasteiger partial charge in [-0.3, -0.25) is 14.2 Å². The molecule has 1 N–H and O–H groups in total. The van der Waals surface area contributed by atoms with Crippen molar-refractivity contribution in [1.29, 1.82) is 5.26 Å². The van der Waals surface area contributed by atoms with E-state index in [0.717, 1.165) is 22.5 Å². The van der Waals surface area contributed by atoms with Crippen LogP contribution in [0.2, 0.25) is 0 Å². The Hall–Kier alpha value is -4.61. The molecule has 186 valence electrons. The number of benzene rings is 3. The van der Waals surface area contributed by atoms with Gasteiger partial charge in [0.15, 0.2) is 17.1 Å². The van der Waals surface area contributed by atoms with Crippen LogP contribution in [0, 0.1) is 25.2 Å². The molecule has 0 aliphatic carbocycles. The van der Waals surface area contributed by atoms with Crippen LogP contribution in [0.25, 0.3) is 17.3 Å². The maximum Gasteiger partial charge on any atom is 0.273 e. The molecule has 7 nitrogen and oxygen atoms in total. The summed E-state index contributed by atoms with van der Waals surface area (Å²) in [4.78, 5) is 26.8. The van der Waals surface area contributed by atoms with Gasteiger partial charge in [0.05, 0.1) is 24.4 Å². The molecular weight excluding hydrogens is 486 g/mol. The van der Waals surface area contributed by atoms with Crippen LogP contribution in [0.1, 0.15) is 16.7 Å². The van der Waals surface area contributed by atoms with Crippen LogP contribution in [0.5, 0.6) is 11.5 Å². The number of rotatable bonds is 6. The molecule has 0 aliphatic heterocycles. The Morgan fingerprint density at radius 2 is 1.70 bits per heavy atom. The normalized spacial score (nSPS) is 12.0. The summed E-state index contributed by atoms with van der Waals surface area (Å²) in [5, 5.41) is 12.8. The highest BCUT2D eigenvalue weighted by Crippen LogP contribution is 2.27. The number of nitrogens with zero attached hydrogens (tertiary/aromatic N) is 2. The standard InChI is InChI=1S/C29H25N3O4S/c1-18-10-12-21(14-19(18)2)31-27(33)23(17-30)29-32(22-8-6-5-7-9-22)28(34)26(37-29)16-20-11-13-24(35-3)25(15-20)36-4/h5-16H,1-4H3,(H,31,33)/b26-16+,29-23-. The fourth-order valence-electron chi connectivity index (χ4n) is 3.76. The highest BCUT2D eigenvalue weighted by Gasteiger charge is 2.17. The first-order chi connectivity index (χ1) is 17.9. The number of nitrogens with one attached hydrogen (secondary N) is 1. The number of aromatic nitrogens is 1. The lowest BCUT2D eigenvalue weighted by Crippen LogP contribution is -2.32. The van der Waals surface area contributed by atoms with E-state index in [0.29, 0.717) is 33.0 Å². The molecule has 0 bridgehead atoms. The first-order valence-corrected chi connectivity index (χ1v) is 12.2. The van der Waals surface area contributed by atoms with Gasteiger partial charge in [-0.05, 0) is 73.0 Å². The van der Waals surface area contributed by atoms with E-state index < -0.39 is 5.91 Å². The Kier molecular flexibility index (Phi) is 7.56.